The fourth-order valence-corrected chi connectivity index (χ4v) is 1.70. The Morgan fingerprint density at radius 2 is 2.00 bits per heavy atom. The maximum absolute atomic E-state index is 11.1. The first-order valence-corrected chi connectivity index (χ1v) is 5.19. The SMILES string of the molecule is COC(=O)c1ccc(O)cc1S(=O)(=O)O.[H-].[Na+]. The molecule has 0 atom stereocenters. The van der Waals surface area contributed by atoms with E-state index in [0.29, 0.717) is 0 Å². The molecular weight excluding hydrogens is 247 g/mol. The van der Waals surface area contributed by atoms with Crippen LogP contribution in [-0.4, -0.2) is 31.2 Å². The Hall–Kier alpha value is -0.600. The van der Waals surface area contributed by atoms with E-state index in [1.54, 1.807) is 0 Å². The molecule has 0 unspecified atom stereocenters. The van der Waals surface area contributed by atoms with Crippen LogP contribution in [0, 0.1) is 0 Å². The van der Waals surface area contributed by atoms with Crippen LogP contribution in [0.3, 0.4) is 0 Å². The van der Waals surface area contributed by atoms with Crippen LogP contribution in [0.25, 0.3) is 0 Å². The molecule has 8 heteroatoms. The molecule has 1 rings (SSSR count). The second kappa shape index (κ2) is 5.65. The molecule has 1 aromatic rings. The largest absolute Gasteiger partial charge is 1.00 e. The van der Waals surface area contributed by atoms with E-state index < -0.39 is 21.0 Å². The molecule has 1 aromatic carbocycles. The monoisotopic (exact) mass is 256 g/mol. The van der Waals surface area contributed by atoms with E-state index in [4.69, 9.17) is 9.66 Å². The molecule has 0 aliphatic carbocycles. The summed E-state index contributed by atoms with van der Waals surface area (Å²) in [6.07, 6.45) is 0. The zero-order valence-corrected chi connectivity index (χ0v) is 11.5. The summed E-state index contributed by atoms with van der Waals surface area (Å²) in [5, 5.41) is 9.03. The van der Waals surface area contributed by atoms with Gasteiger partial charge < -0.3 is 11.3 Å². The maximum atomic E-state index is 11.1. The van der Waals surface area contributed by atoms with Gasteiger partial charge in [0.05, 0.1) is 12.7 Å². The number of carbonyl (C=O) groups is 1. The Morgan fingerprint density at radius 1 is 1.44 bits per heavy atom. The van der Waals surface area contributed by atoms with E-state index in [9.17, 15) is 13.2 Å². The second-order valence-corrected chi connectivity index (χ2v) is 4.04. The Labute approximate surface area is 116 Å². The van der Waals surface area contributed by atoms with E-state index in [-0.39, 0.29) is 42.3 Å². The number of benzene rings is 1. The van der Waals surface area contributed by atoms with Gasteiger partial charge >= 0.3 is 35.5 Å². The van der Waals surface area contributed by atoms with Crippen molar-refractivity contribution in [2.24, 2.45) is 0 Å². The van der Waals surface area contributed by atoms with Crippen LogP contribution >= 0.6 is 0 Å². The fourth-order valence-electron chi connectivity index (χ4n) is 1.00. The summed E-state index contributed by atoms with van der Waals surface area (Å²) in [4.78, 5) is 10.4. The van der Waals surface area contributed by atoms with Gasteiger partial charge in [0.1, 0.15) is 10.6 Å². The predicted octanol–water partition coefficient (Wildman–Crippen LogP) is -2.46. The molecule has 0 saturated carbocycles. The third-order valence-corrected chi connectivity index (χ3v) is 2.54. The summed E-state index contributed by atoms with van der Waals surface area (Å²) in [5.74, 6) is -1.29. The minimum absolute atomic E-state index is 0. The molecule has 84 valence electrons. The first kappa shape index (κ1) is 15.4. The van der Waals surface area contributed by atoms with Crippen molar-refractivity contribution < 1.29 is 58.6 Å². The number of esters is 1. The van der Waals surface area contributed by atoms with Gasteiger partial charge in [-0.1, -0.05) is 0 Å². The standard InChI is InChI=1S/C8H8O6S.Na.H/c1-14-8(10)6-3-2-5(9)4-7(6)15(11,12)13;;/h2-4,9H,1H3,(H,11,12,13);;/q;+1;-1. The number of phenolic OH excluding ortho intramolecular Hbond substituents is 1. The van der Waals surface area contributed by atoms with E-state index in [0.717, 1.165) is 25.3 Å². The van der Waals surface area contributed by atoms with Crippen molar-refractivity contribution in [2.45, 2.75) is 4.90 Å². The molecule has 16 heavy (non-hydrogen) atoms. The molecule has 0 amide bonds. The van der Waals surface area contributed by atoms with Crippen molar-refractivity contribution in [3.05, 3.63) is 23.8 Å². The molecule has 0 aliphatic rings. The Bertz CT molecular complexity index is 501. The zero-order valence-electron chi connectivity index (χ0n) is 9.67. The Morgan fingerprint density at radius 3 is 2.44 bits per heavy atom. The van der Waals surface area contributed by atoms with Crippen LogP contribution in [0.4, 0.5) is 0 Å². The molecule has 2 N–H and O–H groups in total. The molecule has 0 aliphatic heterocycles. The van der Waals surface area contributed by atoms with Crippen LogP contribution < -0.4 is 29.6 Å². The van der Waals surface area contributed by atoms with Gasteiger partial charge in [0.2, 0.25) is 0 Å². The Kier molecular flexibility index (Phi) is 5.43. The summed E-state index contributed by atoms with van der Waals surface area (Å²) in [7, 11) is -3.50. The molecule has 0 saturated heterocycles. The number of ether oxygens (including phenoxy) is 1. The van der Waals surface area contributed by atoms with Crippen molar-refractivity contribution in [2.75, 3.05) is 7.11 Å². The number of hydrogen-bond acceptors (Lipinski definition) is 5. The third-order valence-electron chi connectivity index (χ3n) is 1.65. The first-order chi connectivity index (χ1) is 6.86. The third kappa shape index (κ3) is 3.46. The van der Waals surface area contributed by atoms with Gasteiger partial charge in [0.25, 0.3) is 10.1 Å². The van der Waals surface area contributed by atoms with E-state index in [2.05, 4.69) is 4.74 Å². The topological polar surface area (TPSA) is 101 Å². The Balaban J connectivity index is 0. The smallest absolute Gasteiger partial charge is 1.00 e. The van der Waals surface area contributed by atoms with Crippen molar-refractivity contribution in [3.63, 3.8) is 0 Å². The summed E-state index contributed by atoms with van der Waals surface area (Å²) in [5.41, 5.74) is -0.335. The summed E-state index contributed by atoms with van der Waals surface area (Å²) in [6.45, 7) is 0. The fraction of sp³-hybridized carbons (Fsp3) is 0.125. The second-order valence-electron chi connectivity index (χ2n) is 2.65. The number of methoxy groups -OCH3 is 1. The molecular formula is C8H9NaO6S. The molecule has 0 spiro atoms. The minimum atomic E-state index is -4.57. The average molecular weight is 256 g/mol. The van der Waals surface area contributed by atoms with Gasteiger partial charge in [0, 0.05) is 6.07 Å². The van der Waals surface area contributed by atoms with Gasteiger partial charge in [-0.15, -0.1) is 0 Å². The van der Waals surface area contributed by atoms with Gasteiger partial charge in [-0.2, -0.15) is 8.42 Å². The van der Waals surface area contributed by atoms with E-state index in [1.807, 2.05) is 0 Å². The molecule has 0 radical (unpaired) electrons. The summed E-state index contributed by atoms with van der Waals surface area (Å²) in [6, 6.07) is 2.92. The van der Waals surface area contributed by atoms with Gasteiger partial charge in [-0.25, -0.2) is 4.79 Å². The van der Waals surface area contributed by atoms with Crippen LogP contribution in [0.1, 0.15) is 11.8 Å². The van der Waals surface area contributed by atoms with Gasteiger partial charge in [-0.05, 0) is 12.1 Å². The van der Waals surface area contributed by atoms with Crippen LogP contribution in [0.2, 0.25) is 0 Å². The number of rotatable bonds is 2. The van der Waals surface area contributed by atoms with E-state index >= 15 is 0 Å². The van der Waals surface area contributed by atoms with Crippen LogP contribution in [0.5, 0.6) is 5.75 Å². The van der Waals surface area contributed by atoms with Crippen molar-refractivity contribution in [1.82, 2.24) is 0 Å². The van der Waals surface area contributed by atoms with Gasteiger partial charge in [0.15, 0.2) is 0 Å². The number of aromatic hydroxyl groups is 1. The number of phenols is 1. The van der Waals surface area contributed by atoms with Crippen LogP contribution in [-0.2, 0) is 14.9 Å². The minimum Gasteiger partial charge on any atom is -1.00 e. The average Bonchev–Trinajstić information content (AvgIpc) is 2.15. The maximum Gasteiger partial charge on any atom is 1.00 e. The first-order valence-electron chi connectivity index (χ1n) is 3.75. The summed E-state index contributed by atoms with van der Waals surface area (Å²) >= 11 is 0. The molecule has 0 fully saturated rings. The normalized spacial score (nSPS) is 10.4. The van der Waals surface area contributed by atoms with E-state index in [1.165, 1.54) is 0 Å². The number of carbonyl (C=O) groups excluding carboxylic acids is 1. The predicted molar refractivity (Wildman–Crippen MR) is 50.4 cm³/mol. The number of hydrogen-bond donors (Lipinski definition) is 2. The molecule has 6 nitrogen and oxygen atoms in total. The molecule has 0 aromatic heterocycles. The van der Waals surface area contributed by atoms with Crippen molar-refractivity contribution >= 4 is 16.1 Å². The zero-order chi connectivity index (χ0) is 11.6. The van der Waals surface area contributed by atoms with Gasteiger partial charge in [-0.3, -0.25) is 4.55 Å². The van der Waals surface area contributed by atoms with Crippen molar-refractivity contribution in [1.29, 1.82) is 0 Å². The van der Waals surface area contributed by atoms with Crippen molar-refractivity contribution in [3.8, 4) is 5.75 Å². The summed E-state index contributed by atoms with van der Waals surface area (Å²) < 4.78 is 34.8. The molecule has 0 heterocycles. The molecule has 0 bridgehead atoms. The van der Waals surface area contributed by atoms with Crippen LogP contribution in [0.15, 0.2) is 23.1 Å². The quantitative estimate of drug-likeness (QED) is 0.346.